The Balaban J connectivity index is 2.00. The molecule has 4 aromatic carbocycles. The minimum absolute atomic E-state index is 0.952. The van der Waals surface area contributed by atoms with Crippen LogP contribution in [0.4, 0.5) is 0 Å². The van der Waals surface area contributed by atoms with Gasteiger partial charge in [-0.05, 0) is 34.8 Å². The predicted octanol–water partition coefficient (Wildman–Crippen LogP) is 5.03. The molecule has 0 aliphatic rings. The minimum atomic E-state index is -1.84. The summed E-state index contributed by atoms with van der Waals surface area (Å²) in [6.07, 6.45) is 0.952. The smallest absolute Gasteiger partial charge is 0.00840 e. The molecule has 0 saturated carbocycles. The van der Waals surface area contributed by atoms with Crippen molar-refractivity contribution >= 4 is 28.6 Å². The molecule has 0 aromatic heterocycles. The Labute approximate surface area is 162 Å². The van der Waals surface area contributed by atoms with Crippen LogP contribution in [0.15, 0.2) is 121 Å². The standard InChI is InChI=1S/C26H23P/c1-5-13-23(14-6-1)21-22-27(24-15-7-2-8-16-24,25-17-9-3-10-18-25)26-19-11-4-12-20-26/h1-20,22H,21H2. The molecule has 0 saturated heterocycles. The first kappa shape index (κ1) is 17.6. The van der Waals surface area contributed by atoms with Crippen LogP contribution >= 0.6 is 6.89 Å². The summed E-state index contributed by atoms with van der Waals surface area (Å²) in [4.78, 5) is 0. The minimum Gasteiger partial charge on any atom is -0.0698 e. The van der Waals surface area contributed by atoms with Crippen molar-refractivity contribution in [3.63, 3.8) is 0 Å². The fraction of sp³-hybridized carbons (Fsp3) is 0.0385. The van der Waals surface area contributed by atoms with E-state index in [0.29, 0.717) is 0 Å². The highest BCUT2D eigenvalue weighted by molar-refractivity contribution is 7.94. The van der Waals surface area contributed by atoms with Crippen LogP contribution in [0.3, 0.4) is 0 Å². The van der Waals surface area contributed by atoms with E-state index in [1.807, 2.05) is 0 Å². The van der Waals surface area contributed by atoms with Crippen LogP contribution in [0, 0.1) is 0 Å². The summed E-state index contributed by atoms with van der Waals surface area (Å²) in [5.41, 5.74) is 1.35. The maximum atomic E-state index is 2.57. The van der Waals surface area contributed by atoms with Crippen LogP contribution in [-0.4, -0.2) is 5.80 Å². The quantitative estimate of drug-likeness (QED) is 0.435. The average Bonchev–Trinajstić information content (AvgIpc) is 2.77. The molecular weight excluding hydrogens is 343 g/mol. The third-order valence-corrected chi connectivity index (χ3v) is 9.00. The molecule has 0 fully saturated rings. The Bertz CT molecular complexity index is 917. The Morgan fingerprint density at radius 3 is 1.15 bits per heavy atom. The van der Waals surface area contributed by atoms with E-state index in [9.17, 15) is 0 Å². The molecule has 0 radical (unpaired) electrons. The van der Waals surface area contributed by atoms with E-state index in [4.69, 9.17) is 0 Å². The topological polar surface area (TPSA) is 0 Å². The molecule has 27 heavy (non-hydrogen) atoms. The molecule has 0 heterocycles. The van der Waals surface area contributed by atoms with Crippen LogP contribution in [0.1, 0.15) is 5.56 Å². The molecule has 0 spiro atoms. The van der Waals surface area contributed by atoms with Crippen molar-refractivity contribution in [1.82, 2.24) is 0 Å². The van der Waals surface area contributed by atoms with Crippen LogP contribution < -0.4 is 15.9 Å². The van der Waals surface area contributed by atoms with Crippen molar-refractivity contribution in [2.24, 2.45) is 0 Å². The third kappa shape index (κ3) is 3.68. The van der Waals surface area contributed by atoms with Gasteiger partial charge in [-0.25, -0.2) is 0 Å². The van der Waals surface area contributed by atoms with Crippen molar-refractivity contribution < 1.29 is 0 Å². The second kappa shape index (κ2) is 8.25. The van der Waals surface area contributed by atoms with E-state index in [1.54, 1.807) is 0 Å². The number of benzene rings is 4. The van der Waals surface area contributed by atoms with Gasteiger partial charge < -0.3 is 0 Å². The summed E-state index contributed by atoms with van der Waals surface area (Å²) in [6, 6.07) is 43.7. The van der Waals surface area contributed by atoms with E-state index in [0.717, 1.165) is 6.42 Å². The van der Waals surface area contributed by atoms with Gasteiger partial charge in [0.2, 0.25) is 0 Å². The lowest BCUT2D eigenvalue weighted by molar-refractivity contribution is 1.38. The summed E-state index contributed by atoms with van der Waals surface area (Å²) in [5.74, 6) is 2.57. The van der Waals surface area contributed by atoms with Crippen LogP contribution in [-0.2, 0) is 6.42 Å². The van der Waals surface area contributed by atoms with Crippen LogP contribution in [0.5, 0.6) is 0 Å². The Morgan fingerprint density at radius 1 is 0.444 bits per heavy atom. The second-order valence-corrected chi connectivity index (χ2v) is 9.96. The molecule has 0 unspecified atom stereocenters. The summed E-state index contributed by atoms with van der Waals surface area (Å²) in [7, 11) is 0. The van der Waals surface area contributed by atoms with Gasteiger partial charge in [0.25, 0.3) is 0 Å². The zero-order valence-corrected chi connectivity index (χ0v) is 16.2. The molecule has 1 heteroatoms. The maximum Gasteiger partial charge on any atom is -0.00840 e. The van der Waals surface area contributed by atoms with Gasteiger partial charge in [-0.3, -0.25) is 0 Å². The van der Waals surface area contributed by atoms with Crippen LogP contribution in [0.25, 0.3) is 0 Å². The molecule has 0 aliphatic heterocycles. The number of hydrogen-bond donors (Lipinski definition) is 0. The number of hydrogen-bond acceptors (Lipinski definition) is 0. The molecule has 0 aliphatic carbocycles. The SMILES string of the molecule is C(Cc1ccccc1)=P(c1ccccc1)(c1ccccc1)c1ccccc1. The molecule has 0 bridgehead atoms. The highest BCUT2D eigenvalue weighted by atomic mass is 31.2. The summed E-state index contributed by atoms with van der Waals surface area (Å²) in [5, 5.41) is 4.20. The molecule has 0 N–H and O–H groups in total. The first-order valence-electron chi connectivity index (χ1n) is 9.33. The zero-order chi connectivity index (χ0) is 18.4. The first-order chi connectivity index (χ1) is 13.4. The molecule has 4 aromatic rings. The van der Waals surface area contributed by atoms with Crippen molar-refractivity contribution in [3.05, 3.63) is 127 Å². The molecule has 4 rings (SSSR count). The Morgan fingerprint density at radius 2 is 0.778 bits per heavy atom. The fourth-order valence-electron chi connectivity index (χ4n) is 3.61. The lowest BCUT2D eigenvalue weighted by Gasteiger charge is -2.29. The van der Waals surface area contributed by atoms with Gasteiger partial charge in [-0.1, -0.05) is 127 Å². The monoisotopic (exact) mass is 366 g/mol. The van der Waals surface area contributed by atoms with E-state index >= 15 is 0 Å². The Kier molecular flexibility index (Phi) is 5.37. The van der Waals surface area contributed by atoms with Crippen LogP contribution in [0.2, 0.25) is 0 Å². The second-order valence-electron chi connectivity index (χ2n) is 6.60. The van der Waals surface area contributed by atoms with Crippen molar-refractivity contribution in [3.8, 4) is 0 Å². The zero-order valence-electron chi connectivity index (χ0n) is 15.3. The molecule has 0 atom stereocenters. The van der Waals surface area contributed by atoms with Gasteiger partial charge in [0.15, 0.2) is 0 Å². The van der Waals surface area contributed by atoms with Gasteiger partial charge in [0.05, 0.1) is 0 Å². The summed E-state index contributed by atoms with van der Waals surface area (Å²) < 4.78 is 0. The molecule has 132 valence electrons. The van der Waals surface area contributed by atoms with E-state index in [-0.39, 0.29) is 0 Å². The summed E-state index contributed by atoms with van der Waals surface area (Å²) >= 11 is 0. The van der Waals surface area contributed by atoms with Crippen molar-refractivity contribution in [1.29, 1.82) is 0 Å². The van der Waals surface area contributed by atoms with Gasteiger partial charge in [-0.2, -0.15) is 0 Å². The average molecular weight is 366 g/mol. The van der Waals surface area contributed by atoms with E-state index in [2.05, 4.69) is 127 Å². The number of rotatable bonds is 5. The van der Waals surface area contributed by atoms with E-state index < -0.39 is 6.89 Å². The Hall–Kier alpha value is -2.82. The molecular formula is C26H23P. The predicted molar refractivity (Wildman–Crippen MR) is 121 cm³/mol. The van der Waals surface area contributed by atoms with E-state index in [1.165, 1.54) is 21.5 Å². The third-order valence-electron chi connectivity index (χ3n) is 4.93. The van der Waals surface area contributed by atoms with Gasteiger partial charge in [0.1, 0.15) is 0 Å². The lowest BCUT2D eigenvalue weighted by Crippen LogP contribution is -2.27. The fourth-order valence-corrected chi connectivity index (χ4v) is 7.55. The highest BCUT2D eigenvalue weighted by Gasteiger charge is 2.24. The normalized spacial score (nSPS) is 11.1. The maximum absolute atomic E-state index is 2.57. The van der Waals surface area contributed by atoms with Crippen molar-refractivity contribution in [2.75, 3.05) is 0 Å². The van der Waals surface area contributed by atoms with Gasteiger partial charge in [-0.15, -0.1) is 0 Å². The summed E-state index contributed by atoms with van der Waals surface area (Å²) in [6.45, 7) is -1.84. The molecule has 0 nitrogen and oxygen atoms in total. The largest absolute Gasteiger partial charge is 0.0698 e. The van der Waals surface area contributed by atoms with Gasteiger partial charge in [0, 0.05) is 0 Å². The van der Waals surface area contributed by atoms with Gasteiger partial charge >= 0.3 is 0 Å². The highest BCUT2D eigenvalue weighted by Crippen LogP contribution is 2.43. The first-order valence-corrected chi connectivity index (χ1v) is 11.2. The van der Waals surface area contributed by atoms with Crippen molar-refractivity contribution in [2.45, 2.75) is 6.42 Å². The lowest BCUT2D eigenvalue weighted by atomic mass is 10.2. The molecule has 0 amide bonds.